The number of H-pyrrole nitrogens is 1. The van der Waals surface area contributed by atoms with Gasteiger partial charge in [-0.1, -0.05) is 13.8 Å². The Labute approximate surface area is 120 Å². The molecule has 2 aromatic rings. The van der Waals surface area contributed by atoms with Crippen molar-refractivity contribution in [3.05, 3.63) is 34.8 Å². The highest BCUT2D eigenvalue weighted by atomic mass is 19.1. The average molecular weight is 274 g/mol. The van der Waals surface area contributed by atoms with Gasteiger partial charge >= 0.3 is 0 Å². The van der Waals surface area contributed by atoms with Crippen molar-refractivity contribution in [2.75, 3.05) is 6.54 Å². The minimum atomic E-state index is -0.0909. The molecule has 1 aliphatic rings. The minimum absolute atomic E-state index is 0.0909. The molecule has 2 heterocycles. The lowest BCUT2D eigenvalue weighted by Gasteiger charge is -2.30. The Hall–Kier alpha value is -1.35. The van der Waals surface area contributed by atoms with Crippen LogP contribution in [0.3, 0.4) is 0 Å². The molecule has 0 radical (unpaired) electrons. The predicted octanol–water partition coefficient (Wildman–Crippen LogP) is 4.20. The number of benzene rings is 1. The van der Waals surface area contributed by atoms with Crippen molar-refractivity contribution in [2.45, 2.75) is 52.6 Å². The van der Waals surface area contributed by atoms with Crippen LogP contribution in [0.15, 0.2) is 12.1 Å². The molecule has 0 saturated carbocycles. The lowest BCUT2D eigenvalue weighted by Crippen LogP contribution is -2.35. The van der Waals surface area contributed by atoms with Crippen LogP contribution >= 0.6 is 0 Å². The lowest BCUT2D eigenvalue weighted by atomic mass is 9.97. The quantitative estimate of drug-likeness (QED) is 0.869. The summed E-state index contributed by atoms with van der Waals surface area (Å²) >= 11 is 0. The Balaban J connectivity index is 2.12. The first-order valence-corrected chi connectivity index (χ1v) is 7.54. The van der Waals surface area contributed by atoms with Crippen LogP contribution in [0.25, 0.3) is 10.9 Å². The number of halogens is 1. The highest BCUT2D eigenvalue weighted by molar-refractivity contribution is 5.86. The minimum Gasteiger partial charge on any atom is -0.358 e. The van der Waals surface area contributed by atoms with Crippen LogP contribution in [-0.4, -0.2) is 22.5 Å². The molecule has 0 unspecified atom stereocenters. The molecule has 0 fully saturated rings. The van der Waals surface area contributed by atoms with Crippen molar-refractivity contribution in [3.8, 4) is 0 Å². The SMILES string of the molecule is CC(C)c1cc2c3c([nH]c2cc1F)CCN(C(C)C)C3. The number of aromatic nitrogens is 1. The summed E-state index contributed by atoms with van der Waals surface area (Å²) in [6, 6.07) is 4.27. The molecule has 20 heavy (non-hydrogen) atoms. The van der Waals surface area contributed by atoms with Crippen molar-refractivity contribution in [2.24, 2.45) is 0 Å². The molecule has 3 heteroatoms. The molecule has 0 spiro atoms. The third-order valence-electron chi connectivity index (χ3n) is 4.47. The van der Waals surface area contributed by atoms with Gasteiger partial charge in [-0.2, -0.15) is 0 Å². The van der Waals surface area contributed by atoms with Crippen molar-refractivity contribution < 1.29 is 4.39 Å². The van der Waals surface area contributed by atoms with Gasteiger partial charge in [0.2, 0.25) is 0 Å². The van der Waals surface area contributed by atoms with Crippen LogP contribution in [0.4, 0.5) is 4.39 Å². The molecule has 108 valence electrons. The molecule has 0 atom stereocenters. The van der Waals surface area contributed by atoms with Gasteiger partial charge in [0.25, 0.3) is 0 Å². The first-order valence-electron chi connectivity index (χ1n) is 7.54. The summed E-state index contributed by atoms with van der Waals surface area (Å²) in [6.07, 6.45) is 1.03. The van der Waals surface area contributed by atoms with E-state index in [-0.39, 0.29) is 11.7 Å². The number of fused-ring (bicyclic) bond motifs is 3. The number of nitrogens with one attached hydrogen (secondary N) is 1. The van der Waals surface area contributed by atoms with Gasteiger partial charge in [-0.15, -0.1) is 0 Å². The summed E-state index contributed by atoms with van der Waals surface area (Å²) in [5.74, 6) is 0.126. The maximum atomic E-state index is 14.1. The zero-order valence-corrected chi connectivity index (χ0v) is 12.8. The van der Waals surface area contributed by atoms with Crippen molar-refractivity contribution >= 4 is 10.9 Å². The van der Waals surface area contributed by atoms with E-state index in [2.05, 4.69) is 29.8 Å². The van der Waals surface area contributed by atoms with Gasteiger partial charge in [-0.05, 0) is 43.0 Å². The number of aromatic amines is 1. The van der Waals surface area contributed by atoms with Gasteiger partial charge in [-0.25, -0.2) is 4.39 Å². The smallest absolute Gasteiger partial charge is 0.128 e. The Morgan fingerprint density at radius 1 is 1.20 bits per heavy atom. The molecule has 0 saturated heterocycles. The molecule has 0 amide bonds. The Morgan fingerprint density at radius 3 is 2.60 bits per heavy atom. The van der Waals surface area contributed by atoms with E-state index in [1.807, 2.05) is 13.8 Å². The maximum absolute atomic E-state index is 14.1. The molecule has 1 aromatic carbocycles. The first-order chi connectivity index (χ1) is 9.47. The van der Waals surface area contributed by atoms with E-state index in [0.717, 1.165) is 30.6 Å². The summed E-state index contributed by atoms with van der Waals surface area (Å²) in [5, 5.41) is 1.20. The van der Waals surface area contributed by atoms with E-state index in [9.17, 15) is 4.39 Å². The fourth-order valence-electron chi connectivity index (χ4n) is 3.16. The van der Waals surface area contributed by atoms with Gasteiger partial charge in [-0.3, -0.25) is 4.90 Å². The number of rotatable bonds is 2. The second kappa shape index (κ2) is 4.88. The molecule has 1 aliphatic heterocycles. The fourth-order valence-corrected chi connectivity index (χ4v) is 3.16. The molecule has 1 N–H and O–H groups in total. The molecule has 0 bridgehead atoms. The third-order valence-corrected chi connectivity index (χ3v) is 4.47. The van der Waals surface area contributed by atoms with E-state index >= 15 is 0 Å². The first kappa shape index (κ1) is 13.6. The second-order valence-corrected chi connectivity index (χ2v) is 6.47. The highest BCUT2D eigenvalue weighted by Crippen LogP contribution is 2.32. The molecule has 1 aromatic heterocycles. The van der Waals surface area contributed by atoms with Crippen LogP contribution in [0.5, 0.6) is 0 Å². The van der Waals surface area contributed by atoms with Crippen LogP contribution in [0.1, 0.15) is 50.4 Å². The maximum Gasteiger partial charge on any atom is 0.128 e. The largest absolute Gasteiger partial charge is 0.358 e. The average Bonchev–Trinajstić information content (AvgIpc) is 2.73. The fraction of sp³-hybridized carbons (Fsp3) is 0.529. The summed E-state index contributed by atoms with van der Waals surface area (Å²) in [5.41, 5.74) is 4.42. The Bertz CT molecular complexity index is 640. The molecular formula is C17H23FN2. The van der Waals surface area contributed by atoms with Crippen LogP contribution < -0.4 is 0 Å². The number of hydrogen-bond acceptors (Lipinski definition) is 1. The van der Waals surface area contributed by atoms with E-state index in [1.165, 1.54) is 16.6 Å². The second-order valence-electron chi connectivity index (χ2n) is 6.47. The lowest BCUT2D eigenvalue weighted by molar-refractivity contribution is 0.203. The topological polar surface area (TPSA) is 19.0 Å². The van der Waals surface area contributed by atoms with Crippen LogP contribution in [0.2, 0.25) is 0 Å². The summed E-state index contributed by atoms with van der Waals surface area (Å²) in [6.45, 7) is 10.6. The van der Waals surface area contributed by atoms with E-state index in [0.29, 0.717) is 6.04 Å². The Morgan fingerprint density at radius 2 is 1.95 bits per heavy atom. The van der Waals surface area contributed by atoms with Gasteiger partial charge in [0.15, 0.2) is 0 Å². The van der Waals surface area contributed by atoms with Crippen LogP contribution in [0, 0.1) is 5.82 Å². The number of hydrogen-bond donors (Lipinski definition) is 1. The summed E-state index contributed by atoms with van der Waals surface area (Å²) < 4.78 is 14.1. The molecule has 3 rings (SSSR count). The molecule has 2 nitrogen and oxygen atoms in total. The summed E-state index contributed by atoms with van der Waals surface area (Å²) in [7, 11) is 0. The van der Waals surface area contributed by atoms with Crippen molar-refractivity contribution in [3.63, 3.8) is 0 Å². The molecule has 0 aliphatic carbocycles. The van der Waals surface area contributed by atoms with Crippen LogP contribution in [-0.2, 0) is 13.0 Å². The third kappa shape index (κ3) is 2.14. The van der Waals surface area contributed by atoms with Gasteiger partial charge in [0, 0.05) is 42.1 Å². The molecular weight excluding hydrogens is 251 g/mol. The summed E-state index contributed by atoms with van der Waals surface area (Å²) in [4.78, 5) is 5.90. The normalized spacial score (nSPS) is 16.4. The Kier molecular flexibility index (Phi) is 3.33. The monoisotopic (exact) mass is 274 g/mol. The van der Waals surface area contributed by atoms with Gasteiger partial charge in [0.05, 0.1) is 0 Å². The predicted molar refractivity (Wildman–Crippen MR) is 81.6 cm³/mol. The van der Waals surface area contributed by atoms with Crippen molar-refractivity contribution in [1.82, 2.24) is 9.88 Å². The standard InChI is InChI=1S/C17H23FN2/c1-10(2)12-7-13-14-9-20(11(3)4)6-5-16(14)19-17(13)8-15(12)18/h7-8,10-11,19H,5-6,9H2,1-4H3. The number of nitrogens with zero attached hydrogens (tertiary/aromatic N) is 1. The zero-order valence-electron chi connectivity index (χ0n) is 12.8. The van der Waals surface area contributed by atoms with E-state index in [4.69, 9.17) is 0 Å². The zero-order chi connectivity index (χ0) is 14.4. The van der Waals surface area contributed by atoms with E-state index in [1.54, 1.807) is 6.07 Å². The van der Waals surface area contributed by atoms with Gasteiger partial charge < -0.3 is 4.98 Å². The highest BCUT2D eigenvalue weighted by Gasteiger charge is 2.23. The van der Waals surface area contributed by atoms with Gasteiger partial charge in [0.1, 0.15) is 5.82 Å². The van der Waals surface area contributed by atoms with Crippen molar-refractivity contribution in [1.29, 1.82) is 0 Å². The van der Waals surface area contributed by atoms with E-state index < -0.39 is 0 Å².